The molecule has 0 bridgehead atoms. The highest BCUT2D eigenvalue weighted by Crippen LogP contribution is 2.32. The Hall–Kier alpha value is -2.86. The minimum atomic E-state index is -0.518. The summed E-state index contributed by atoms with van der Waals surface area (Å²) >= 11 is 5.83. The van der Waals surface area contributed by atoms with Crippen molar-refractivity contribution in [1.82, 2.24) is 9.88 Å². The summed E-state index contributed by atoms with van der Waals surface area (Å²) in [6.45, 7) is 2.88. The number of carbonyl (C=O) groups is 1. The Labute approximate surface area is 173 Å². The van der Waals surface area contributed by atoms with E-state index in [-0.39, 0.29) is 17.1 Å². The summed E-state index contributed by atoms with van der Waals surface area (Å²) in [5.74, 6) is 0.0749. The van der Waals surface area contributed by atoms with Gasteiger partial charge in [0, 0.05) is 29.9 Å². The number of amides is 2. The fourth-order valence-corrected chi connectivity index (χ4v) is 3.49. The first-order valence-corrected chi connectivity index (χ1v) is 9.96. The zero-order chi connectivity index (χ0) is 20.4. The van der Waals surface area contributed by atoms with Crippen LogP contribution in [-0.4, -0.2) is 28.6 Å². The largest absolute Gasteiger partial charge is 0.478 e. The van der Waals surface area contributed by atoms with Gasteiger partial charge < -0.3 is 15.0 Å². The lowest BCUT2D eigenvalue weighted by molar-refractivity contribution is 0.206. The highest BCUT2D eigenvalue weighted by atomic mass is 35.5. The van der Waals surface area contributed by atoms with Gasteiger partial charge in [-0.05, 0) is 55.0 Å². The molecular weight excluding hydrogens is 393 g/mol. The van der Waals surface area contributed by atoms with Gasteiger partial charge in [-0.3, -0.25) is 0 Å². The van der Waals surface area contributed by atoms with Crippen molar-refractivity contribution in [2.45, 2.75) is 32.4 Å². The number of rotatable bonds is 6. The molecule has 2 aromatic carbocycles. The lowest BCUT2D eigenvalue weighted by Gasteiger charge is -2.24. The van der Waals surface area contributed by atoms with E-state index < -0.39 is 5.82 Å². The van der Waals surface area contributed by atoms with E-state index in [9.17, 15) is 9.18 Å². The zero-order valence-corrected chi connectivity index (χ0v) is 16.7. The molecule has 0 unspecified atom stereocenters. The van der Waals surface area contributed by atoms with Gasteiger partial charge in [0.25, 0.3) is 0 Å². The number of fused-ring (bicyclic) bond motifs is 1. The average molecular weight is 414 g/mol. The molecule has 5 nitrogen and oxygen atoms in total. The fourth-order valence-electron chi connectivity index (χ4n) is 3.31. The maximum Gasteiger partial charge on any atom is 0.322 e. The molecule has 0 aliphatic heterocycles. The second-order valence-corrected chi connectivity index (χ2v) is 7.39. The summed E-state index contributed by atoms with van der Waals surface area (Å²) in [7, 11) is 0. The monoisotopic (exact) mass is 413 g/mol. The van der Waals surface area contributed by atoms with Crippen LogP contribution in [-0.2, 0) is 6.54 Å². The molecular formula is C22H21ClFN3O2. The number of halogens is 2. The predicted octanol–water partition coefficient (Wildman–Crippen LogP) is 5.62. The average Bonchev–Trinajstić information content (AvgIpc) is 3.55. The predicted molar refractivity (Wildman–Crippen MR) is 112 cm³/mol. The van der Waals surface area contributed by atoms with Gasteiger partial charge in [-0.25, -0.2) is 14.2 Å². The first-order chi connectivity index (χ1) is 14.1. The van der Waals surface area contributed by atoms with Crippen LogP contribution in [0.2, 0.25) is 5.02 Å². The molecule has 0 spiro atoms. The summed E-state index contributed by atoms with van der Waals surface area (Å²) in [5, 5.41) is 4.73. The quantitative estimate of drug-likeness (QED) is 0.570. The van der Waals surface area contributed by atoms with E-state index in [1.807, 2.05) is 31.2 Å². The summed E-state index contributed by atoms with van der Waals surface area (Å²) in [5.41, 5.74) is 1.41. The molecule has 1 saturated carbocycles. The van der Waals surface area contributed by atoms with Gasteiger partial charge in [-0.1, -0.05) is 29.8 Å². The number of pyridine rings is 1. The van der Waals surface area contributed by atoms with Crippen molar-refractivity contribution < 1.29 is 13.9 Å². The Morgan fingerprint density at radius 2 is 2.03 bits per heavy atom. The molecule has 0 atom stereocenters. The van der Waals surface area contributed by atoms with Crippen LogP contribution in [0.1, 0.15) is 25.3 Å². The SMILES string of the molecule is CCOc1ncc(CN(C(=O)Nc2ccc(F)c(Cl)c2)C2CC2)c2ccccc12. The van der Waals surface area contributed by atoms with E-state index in [0.29, 0.717) is 24.7 Å². The standard InChI is InChI=1S/C22H21ClFN3O2/c1-2-29-21-18-6-4-3-5-17(18)14(12-25-21)13-27(16-8-9-16)22(28)26-15-7-10-20(24)19(23)11-15/h3-7,10-12,16H,2,8-9,13H2,1H3,(H,26,28). The normalized spacial score (nSPS) is 13.3. The number of nitrogens with one attached hydrogen (secondary N) is 1. The van der Waals surface area contributed by atoms with E-state index in [2.05, 4.69) is 10.3 Å². The third-order valence-electron chi connectivity index (χ3n) is 4.88. The lowest BCUT2D eigenvalue weighted by atomic mass is 10.1. The highest BCUT2D eigenvalue weighted by molar-refractivity contribution is 6.31. The number of nitrogens with zero attached hydrogens (tertiary/aromatic N) is 2. The van der Waals surface area contributed by atoms with Gasteiger partial charge in [0.1, 0.15) is 5.82 Å². The van der Waals surface area contributed by atoms with Crippen molar-refractivity contribution in [2.75, 3.05) is 11.9 Å². The van der Waals surface area contributed by atoms with Crippen LogP contribution in [0.4, 0.5) is 14.9 Å². The second kappa shape index (κ2) is 8.25. The van der Waals surface area contributed by atoms with E-state index in [0.717, 1.165) is 29.2 Å². The van der Waals surface area contributed by atoms with Gasteiger partial charge in [0.05, 0.1) is 11.6 Å². The van der Waals surface area contributed by atoms with Crippen LogP contribution >= 0.6 is 11.6 Å². The Bertz CT molecular complexity index is 1060. The summed E-state index contributed by atoms with van der Waals surface area (Å²) < 4.78 is 19.0. The number of benzene rings is 2. The second-order valence-electron chi connectivity index (χ2n) is 6.99. The molecule has 1 heterocycles. The van der Waals surface area contributed by atoms with E-state index in [4.69, 9.17) is 16.3 Å². The lowest BCUT2D eigenvalue weighted by Crippen LogP contribution is -2.36. The first kappa shape index (κ1) is 19.5. The number of hydrogen-bond donors (Lipinski definition) is 1. The van der Waals surface area contributed by atoms with Gasteiger partial charge in [0.15, 0.2) is 0 Å². The van der Waals surface area contributed by atoms with Crippen molar-refractivity contribution >= 4 is 34.1 Å². The Kier molecular flexibility index (Phi) is 5.53. The third-order valence-corrected chi connectivity index (χ3v) is 5.17. The van der Waals surface area contributed by atoms with Gasteiger partial charge in [0.2, 0.25) is 5.88 Å². The van der Waals surface area contributed by atoms with Crippen LogP contribution in [0.5, 0.6) is 5.88 Å². The van der Waals surface area contributed by atoms with Gasteiger partial charge in [-0.2, -0.15) is 0 Å². The van der Waals surface area contributed by atoms with Gasteiger partial charge >= 0.3 is 6.03 Å². The molecule has 1 aromatic heterocycles. The smallest absolute Gasteiger partial charge is 0.322 e. The Balaban J connectivity index is 1.59. The van der Waals surface area contributed by atoms with Crippen LogP contribution in [0.3, 0.4) is 0 Å². The number of ether oxygens (including phenoxy) is 1. The molecule has 7 heteroatoms. The van der Waals surface area contributed by atoms with Crippen molar-refractivity contribution in [2.24, 2.45) is 0 Å². The number of anilines is 1. The van der Waals surface area contributed by atoms with Crippen molar-refractivity contribution in [3.63, 3.8) is 0 Å². The number of aromatic nitrogens is 1. The summed E-state index contributed by atoms with van der Waals surface area (Å²) in [4.78, 5) is 19.2. The minimum absolute atomic E-state index is 0.0255. The molecule has 1 N–H and O–H groups in total. The maximum absolute atomic E-state index is 13.4. The van der Waals surface area contributed by atoms with Crippen LogP contribution in [0, 0.1) is 5.82 Å². The van der Waals surface area contributed by atoms with Crippen molar-refractivity contribution in [3.8, 4) is 5.88 Å². The van der Waals surface area contributed by atoms with Crippen molar-refractivity contribution in [1.29, 1.82) is 0 Å². The maximum atomic E-state index is 13.4. The van der Waals surface area contributed by atoms with E-state index >= 15 is 0 Å². The first-order valence-electron chi connectivity index (χ1n) is 9.59. The molecule has 4 rings (SSSR count). The molecule has 1 aliphatic carbocycles. The van der Waals surface area contributed by atoms with Crippen LogP contribution in [0.15, 0.2) is 48.7 Å². The molecule has 3 aromatic rings. The van der Waals surface area contributed by atoms with Gasteiger partial charge in [-0.15, -0.1) is 0 Å². The van der Waals surface area contributed by atoms with Crippen LogP contribution in [0.25, 0.3) is 10.8 Å². The van der Waals surface area contributed by atoms with E-state index in [1.165, 1.54) is 18.2 Å². The van der Waals surface area contributed by atoms with Crippen LogP contribution < -0.4 is 10.1 Å². The molecule has 0 saturated heterocycles. The highest BCUT2D eigenvalue weighted by Gasteiger charge is 2.33. The molecule has 1 aliphatic rings. The molecule has 2 amide bonds. The number of carbonyl (C=O) groups excluding carboxylic acids is 1. The Morgan fingerprint density at radius 3 is 2.72 bits per heavy atom. The third kappa shape index (κ3) is 4.27. The summed E-state index contributed by atoms with van der Waals surface area (Å²) in [6.07, 6.45) is 3.69. The number of urea groups is 1. The van der Waals surface area contributed by atoms with E-state index in [1.54, 1.807) is 11.1 Å². The Morgan fingerprint density at radius 1 is 1.28 bits per heavy atom. The fraction of sp³-hybridized carbons (Fsp3) is 0.273. The molecule has 1 fully saturated rings. The number of hydrogen-bond acceptors (Lipinski definition) is 3. The zero-order valence-electron chi connectivity index (χ0n) is 16.0. The summed E-state index contributed by atoms with van der Waals surface area (Å²) in [6, 6.07) is 12.0. The topological polar surface area (TPSA) is 54.5 Å². The molecule has 29 heavy (non-hydrogen) atoms. The molecule has 0 radical (unpaired) electrons. The minimum Gasteiger partial charge on any atom is -0.478 e. The molecule has 150 valence electrons. The van der Waals surface area contributed by atoms with Crippen molar-refractivity contribution in [3.05, 3.63) is 65.1 Å².